The Labute approximate surface area is 178 Å². The minimum atomic E-state index is 0.652. The first-order valence-corrected chi connectivity index (χ1v) is 10.7. The molecule has 1 fully saturated rings. The number of nitrogens with zero attached hydrogens (tertiary/aromatic N) is 4. The molecule has 158 valence electrons. The van der Waals surface area contributed by atoms with Crippen molar-refractivity contribution in [3.63, 3.8) is 0 Å². The lowest BCUT2D eigenvalue weighted by atomic mass is 10.2. The molecule has 0 saturated carbocycles. The number of rotatable bonds is 8. The van der Waals surface area contributed by atoms with Gasteiger partial charge < -0.3 is 14.4 Å². The Morgan fingerprint density at radius 1 is 0.867 bits per heavy atom. The number of piperazine rings is 1. The first-order valence-electron chi connectivity index (χ1n) is 10.7. The maximum Gasteiger partial charge on any atom is 0.235 e. The zero-order chi connectivity index (χ0) is 20.8. The Hall–Kier alpha value is -2.86. The van der Waals surface area contributed by atoms with Crippen LogP contribution in [0.25, 0.3) is 11.0 Å². The molecule has 0 spiro atoms. The first kappa shape index (κ1) is 20.4. The summed E-state index contributed by atoms with van der Waals surface area (Å²) in [5.41, 5.74) is 3.83. The molecule has 1 aliphatic rings. The third kappa shape index (κ3) is 4.82. The lowest BCUT2D eigenvalue weighted by Gasteiger charge is -2.36. The molecule has 0 bridgehead atoms. The summed E-state index contributed by atoms with van der Waals surface area (Å²) in [6, 6.07) is 16.2. The van der Waals surface area contributed by atoms with Crippen molar-refractivity contribution in [3.8, 4) is 11.6 Å². The van der Waals surface area contributed by atoms with Crippen LogP contribution in [0.4, 0.5) is 5.69 Å². The van der Waals surface area contributed by atoms with E-state index in [1.165, 1.54) is 5.69 Å². The van der Waals surface area contributed by atoms with Gasteiger partial charge in [0, 0.05) is 26.2 Å². The van der Waals surface area contributed by atoms with Crippen LogP contribution in [0.3, 0.4) is 0 Å². The van der Waals surface area contributed by atoms with E-state index in [2.05, 4.69) is 31.9 Å². The van der Waals surface area contributed by atoms with Crippen LogP contribution >= 0.6 is 0 Å². The second-order valence-electron chi connectivity index (χ2n) is 7.66. The van der Waals surface area contributed by atoms with Gasteiger partial charge in [-0.05, 0) is 50.6 Å². The highest BCUT2D eigenvalue weighted by Gasteiger charge is 2.19. The highest BCUT2D eigenvalue weighted by Crippen LogP contribution is 2.28. The van der Waals surface area contributed by atoms with Gasteiger partial charge in [-0.1, -0.05) is 24.3 Å². The maximum atomic E-state index is 5.92. The van der Waals surface area contributed by atoms with Crippen LogP contribution in [-0.2, 0) is 0 Å². The van der Waals surface area contributed by atoms with Crippen molar-refractivity contribution < 1.29 is 9.47 Å². The predicted octanol–water partition coefficient (Wildman–Crippen LogP) is 3.93. The Morgan fingerprint density at radius 3 is 2.33 bits per heavy atom. The summed E-state index contributed by atoms with van der Waals surface area (Å²) >= 11 is 0. The SMILES string of the molecule is COc1ccccc1N1CCN(CCCCOc2nc3ccccc3nc2C)CC1. The summed E-state index contributed by atoms with van der Waals surface area (Å²) in [5.74, 6) is 1.61. The molecule has 0 unspecified atom stereocenters. The fraction of sp³-hybridized carbons (Fsp3) is 0.417. The summed E-state index contributed by atoms with van der Waals surface area (Å²) < 4.78 is 11.4. The van der Waals surface area contributed by atoms with Crippen molar-refractivity contribution in [1.82, 2.24) is 14.9 Å². The van der Waals surface area contributed by atoms with Crippen molar-refractivity contribution >= 4 is 16.7 Å². The number of hydrogen-bond donors (Lipinski definition) is 0. The molecule has 4 rings (SSSR count). The summed E-state index contributed by atoms with van der Waals surface area (Å²) in [7, 11) is 1.74. The second-order valence-corrected chi connectivity index (χ2v) is 7.66. The Kier molecular flexibility index (Phi) is 6.64. The fourth-order valence-electron chi connectivity index (χ4n) is 3.92. The van der Waals surface area contributed by atoms with E-state index in [4.69, 9.17) is 9.47 Å². The van der Waals surface area contributed by atoms with Gasteiger partial charge in [-0.2, -0.15) is 0 Å². The number of anilines is 1. The van der Waals surface area contributed by atoms with Crippen LogP contribution in [0.2, 0.25) is 0 Å². The molecule has 3 aromatic rings. The largest absolute Gasteiger partial charge is 0.495 e. The molecular formula is C24H30N4O2. The molecule has 0 radical (unpaired) electrons. The average molecular weight is 407 g/mol. The summed E-state index contributed by atoms with van der Waals surface area (Å²) in [6.45, 7) is 7.95. The molecule has 1 saturated heterocycles. The fourth-order valence-corrected chi connectivity index (χ4v) is 3.92. The predicted molar refractivity (Wildman–Crippen MR) is 121 cm³/mol. The second kappa shape index (κ2) is 9.76. The number of aryl methyl sites for hydroxylation is 1. The van der Waals surface area contributed by atoms with Crippen LogP contribution in [-0.4, -0.2) is 61.3 Å². The molecule has 0 atom stereocenters. The topological polar surface area (TPSA) is 50.7 Å². The standard InChI is InChI=1S/C24H30N4O2/c1-19-24(26-21-10-4-3-9-20(21)25-19)30-18-8-7-13-27-14-16-28(17-15-27)22-11-5-6-12-23(22)29-2/h3-6,9-12H,7-8,13-18H2,1-2H3. The summed E-state index contributed by atoms with van der Waals surface area (Å²) in [5, 5.41) is 0. The van der Waals surface area contributed by atoms with Crippen molar-refractivity contribution in [2.24, 2.45) is 0 Å². The summed E-state index contributed by atoms with van der Waals surface area (Å²) in [6.07, 6.45) is 2.13. The Bertz CT molecular complexity index is 970. The van der Waals surface area contributed by atoms with Crippen LogP contribution in [0.5, 0.6) is 11.6 Å². The van der Waals surface area contributed by atoms with Gasteiger partial charge in [-0.3, -0.25) is 4.90 Å². The van der Waals surface area contributed by atoms with E-state index in [-0.39, 0.29) is 0 Å². The van der Waals surface area contributed by atoms with Crippen LogP contribution in [0.15, 0.2) is 48.5 Å². The zero-order valence-corrected chi connectivity index (χ0v) is 17.9. The molecule has 0 aliphatic carbocycles. The minimum Gasteiger partial charge on any atom is -0.495 e. The first-order chi connectivity index (χ1) is 14.7. The summed E-state index contributed by atoms with van der Waals surface area (Å²) in [4.78, 5) is 14.1. The Balaban J connectivity index is 1.19. The average Bonchev–Trinajstić information content (AvgIpc) is 2.79. The third-order valence-electron chi connectivity index (χ3n) is 5.61. The van der Waals surface area contributed by atoms with E-state index >= 15 is 0 Å². The molecule has 2 heterocycles. The molecule has 0 N–H and O–H groups in total. The van der Waals surface area contributed by atoms with Crippen molar-refractivity contribution in [2.75, 3.05) is 51.3 Å². The van der Waals surface area contributed by atoms with Crippen LogP contribution in [0.1, 0.15) is 18.5 Å². The van der Waals surface area contributed by atoms with Gasteiger partial charge in [0.2, 0.25) is 5.88 Å². The highest BCUT2D eigenvalue weighted by molar-refractivity contribution is 5.74. The lowest BCUT2D eigenvalue weighted by molar-refractivity contribution is 0.235. The number of aromatic nitrogens is 2. The Morgan fingerprint density at radius 2 is 1.57 bits per heavy atom. The number of fused-ring (bicyclic) bond motifs is 1. The van der Waals surface area contributed by atoms with Gasteiger partial charge in [-0.15, -0.1) is 0 Å². The number of unbranched alkanes of at least 4 members (excludes halogenated alkanes) is 1. The van der Waals surface area contributed by atoms with E-state index in [9.17, 15) is 0 Å². The van der Waals surface area contributed by atoms with Gasteiger partial charge in [0.05, 0.1) is 30.4 Å². The van der Waals surface area contributed by atoms with E-state index in [1.54, 1.807) is 7.11 Å². The normalized spacial score (nSPS) is 14.8. The van der Waals surface area contributed by atoms with E-state index in [1.807, 2.05) is 43.3 Å². The van der Waals surface area contributed by atoms with Crippen molar-refractivity contribution in [2.45, 2.75) is 19.8 Å². The molecule has 1 aromatic heterocycles. The third-order valence-corrected chi connectivity index (χ3v) is 5.61. The number of hydrogen-bond acceptors (Lipinski definition) is 6. The van der Waals surface area contributed by atoms with E-state index < -0.39 is 0 Å². The molecule has 2 aromatic carbocycles. The van der Waals surface area contributed by atoms with Gasteiger partial charge in [0.25, 0.3) is 0 Å². The van der Waals surface area contributed by atoms with Gasteiger partial charge in [0.1, 0.15) is 11.4 Å². The molecule has 6 nitrogen and oxygen atoms in total. The molecular weight excluding hydrogens is 376 g/mol. The van der Waals surface area contributed by atoms with Crippen LogP contribution < -0.4 is 14.4 Å². The quantitative estimate of drug-likeness (QED) is 0.529. The number of methoxy groups -OCH3 is 1. The van der Waals surface area contributed by atoms with Crippen molar-refractivity contribution in [3.05, 3.63) is 54.2 Å². The zero-order valence-electron chi connectivity index (χ0n) is 17.9. The number of ether oxygens (including phenoxy) is 2. The van der Waals surface area contributed by atoms with Gasteiger partial charge in [0.15, 0.2) is 0 Å². The highest BCUT2D eigenvalue weighted by atomic mass is 16.5. The van der Waals surface area contributed by atoms with Gasteiger partial charge in [-0.25, -0.2) is 9.97 Å². The molecule has 0 amide bonds. The van der Waals surface area contributed by atoms with Crippen molar-refractivity contribution in [1.29, 1.82) is 0 Å². The molecule has 30 heavy (non-hydrogen) atoms. The van der Waals surface area contributed by atoms with Gasteiger partial charge >= 0.3 is 0 Å². The lowest BCUT2D eigenvalue weighted by Crippen LogP contribution is -2.46. The molecule has 1 aliphatic heterocycles. The molecule has 6 heteroatoms. The minimum absolute atomic E-state index is 0.652. The maximum absolute atomic E-state index is 5.92. The van der Waals surface area contributed by atoms with E-state index in [0.29, 0.717) is 12.5 Å². The smallest absolute Gasteiger partial charge is 0.235 e. The monoisotopic (exact) mass is 406 g/mol. The number of benzene rings is 2. The number of para-hydroxylation sites is 4. The van der Waals surface area contributed by atoms with Crippen LogP contribution in [0, 0.1) is 6.92 Å². The van der Waals surface area contributed by atoms with E-state index in [0.717, 1.165) is 68.0 Å².